The summed E-state index contributed by atoms with van der Waals surface area (Å²) in [6, 6.07) is 7.34. The highest BCUT2D eigenvalue weighted by molar-refractivity contribution is 6.31. The second-order valence-corrected chi connectivity index (χ2v) is 5.33. The molecular weight excluding hydrogens is 286 g/mol. The van der Waals surface area contributed by atoms with Gasteiger partial charge >= 0.3 is 0 Å². The maximum Gasteiger partial charge on any atom is 0.0928 e. The molecule has 2 aromatic rings. The predicted molar refractivity (Wildman–Crippen MR) is 85.3 cm³/mol. The molecule has 0 saturated heterocycles. The van der Waals surface area contributed by atoms with Crippen LogP contribution in [0, 0.1) is 6.92 Å². The fraction of sp³-hybridized carbons (Fsp3) is 0.312. The lowest BCUT2D eigenvalue weighted by molar-refractivity contribution is 0.174. The van der Waals surface area contributed by atoms with Gasteiger partial charge in [-0.3, -0.25) is 4.68 Å². The van der Waals surface area contributed by atoms with Crippen molar-refractivity contribution >= 4 is 11.6 Å². The Kier molecular flexibility index (Phi) is 5.56. The summed E-state index contributed by atoms with van der Waals surface area (Å²) in [5, 5.41) is 18.4. The summed E-state index contributed by atoms with van der Waals surface area (Å²) < 4.78 is 1.85. The van der Waals surface area contributed by atoms with E-state index in [0.717, 1.165) is 16.8 Å². The van der Waals surface area contributed by atoms with Crippen LogP contribution >= 0.6 is 11.6 Å². The molecule has 1 atom stereocenters. The highest BCUT2D eigenvalue weighted by Gasteiger charge is 2.11. The van der Waals surface area contributed by atoms with Gasteiger partial charge in [-0.2, -0.15) is 5.10 Å². The number of hydrogen-bond donors (Lipinski definition) is 2. The van der Waals surface area contributed by atoms with Crippen molar-refractivity contribution in [3.05, 3.63) is 65.0 Å². The lowest BCUT2D eigenvalue weighted by Gasteiger charge is -2.13. The quantitative estimate of drug-likeness (QED) is 0.773. The standard InChI is InChI=1S/C16H20ClN3O/c1-3-8-20-11-13(12(2)19-20)9-18-10-16(21)14-6-4-5-7-15(14)17/h3-7,11,16,18,21H,1,8-10H2,2H3. The van der Waals surface area contributed by atoms with Crippen molar-refractivity contribution in [1.82, 2.24) is 15.1 Å². The van der Waals surface area contributed by atoms with E-state index in [1.165, 1.54) is 0 Å². The molecule has 0 bridgehead atoms. The van der Waals surface area contributed by atoms with Crippen LogP contribution in [-0.2, 0) is 13.1 Å². The zero-order chi connectivity index (χ0) is 15.2. The van der Waals surface area contributed by atoms with E-state index in [1.807, 2.05) is 42.1 Å². The second kappa shape index (κ2) is 7.41. The van der Waals surface area contributed by atoms with E-state index in [-0.39, 0.29) is 0 Å². The molecule has 2 rings (SSSR count). The summed E-state index contributed by atoms with van der Waals surface area (Å²) in [5.74, 6) is 0. The third-order valence-corrected chi connectivity index (χ3v) is 3.63. The molecular formula is C16H20ClN3O. The molecule has 0 amide bonds. The summed E-state index contributed by atoms with van der Waals surface area (Å²) in [4.78, 5) is 0. The van der Waals surface area contributed by atoms with Gasteiger partial charge in [0.25, 0.3) is 0 Å². The van der Waals surface area contributed by atoms with Gasteiger partial charge in [-0.25, -0.2) is 0 Å². The largest absolute Gasteiger partial charge is 0.387 e. The number of allylic oxidation sites excluding steroid dienone is 1. The minimum atomic E-state index is -0.623. The lowest BCUT2D eigenvalue weighted by atomic mass is 10.1. The van der Waals surface area contributed by atoms with Crippen molar-refractivity contribution < 1.29 is 5.11 Å². The van der Waals surface area contributed by atoms with Gasteiger partial charge in [-0.1, -0.05) is 35.9 Å². The third kappa shape index (κ3) is 4.17. The van der Waals surface area contributed by atoms with E-state index in [4.69, 9.17) is 11.6 Å². The van der Waals surface area contributed by atoms with Gasteiger partial charge in [-0.05, 0) is 13.0 Å². The SMILES string of the molecule is C=CCn1cc(CNCC(O)c2ccccc2Cl)c(C)n1. The summed E-state index contributed by atoms with van der Waals surface area (Å²) in [6.45, 7) is 7.47. The van der Waals surface area contributed by atoms with Gasteiger partial charge in [0, 0.05) is 35.4 Å². The highest BCUT2D eigenvalue weighted by Crippen LogP contribution is 2.21. The number of aryl methyl sites for hydroxylation is 1. The average molecular weight is 306 g/mol. The molecule has 0 saturated carbocycles. The van der Waals surface area contributed by atoms with Crippen LogP contribution in [0.25, 0.3) is 0 Å². The Morgan fingerprint density at radius 1 is 1.48 bits per heavy atom. The Labute approximate surface area is 130 Å². The summed E-state index contributed by atoms with van der Waals surface area (Å²) in [6.07, 6.45) is 3.18. The molecule has 21 heavy (non-hydrogen) atoms. The molecule has 1 heterocycles. The van der Waals surface area contributed by atoms with Crippen LogP contribution in [0.1, 0.15) is 22.9 Å². The Hall–Kier alpha value is -1.62. The van der Waals surface area contributed by atoms with Crippen LogP contribution in [0.15, 0.2) is 43.1 Å². The van der Waals surface area contributed by atoms with Crippen LogP contribution in [0.2, 0.25) is 5.02 Å². The number of nitrogens with one attached hydrogen (secondary N) is 1. The smallest absolute Gasteiger partial charge is 0.0928 e. The first-order chi connectivity index (χ1) is 10.1. The van der Waals surface area contributed by atoms with Gasteiger partial charge < -0.3 is 10.4 Å². The zero-order valence-corrected chi connectivity index (χ0v) is 12.8. The van der Waals surface area contributed by atoms with E-state index in [0.29, 0.717) is 24.7 Å². The third-order valence-electron chi connectivity index (χ3n) is 3.28. The Morgan fingerprint density at radius 2 is 2.24 bits per heavy atom. The fourth-order valence-electron chi connectivity index (χ4n) is 2.16. The molecule has 0 spiro atoms. The van der Waals surface area contributed by atoms with Gasteiger partial charge in [0.05, 0.1) is 18.3 Å². The van der Waals surface area contributed by atoms with Gasteiger partial charge in [0.15, 0.2) is 0 Å². The van der Waals surface area contributed by atoms with Gasteiger partial charge in [0.2, 0.25) is 0 Å². The van der Waals surface area contributed by atoms with E-state index in [9.17, 15) is 5.11 Å². The number of benzene rings is 1. The van der Waals surface area contributed by atoms with Crippen molar-refractivity contribution in [3.8, 4) is 0 Å². The monoisotopic (exact) mass is 305 g/mol. The Balaban J connectivity index is 1.89. The number of aliphatic hydroxyl groups excluding tert-OH is 1. The minimum Gasteiger partial charge on any atom is -0.387 e. The van der Waals surface area contributed by atoms with Crippen LogP contribution in [0.4, 0.5) is 0 Å². The molecule has 112 valence electrons. The van der Waals surface area contributed by atoms with Crippen LogP contribution in [0.3, 0.4) is 0 Å². The minimum absolute atomic E-state index is 0.440. The summed E-state index contributed by atoms with van der Waals surface area (Å²) in [7, 11) is 0. The van der Waals surface area contributed by atoms with Crippen molar-refractivity contribution in [3.63, 3.8) is 0 Å². The van der Waals surface area contributed by atoms with Crippen molar-refractivity contribution in [2.45, 2.75) is 26.1 Å². The van der Waals surface area contributed by atoms with Gasteiger partial charge in [0.1, 0.15) is 0 Å². The van der Waals surface area contributed by atoms with E-state index < -0.39 is 6.10 Å². The predicted octanol–water partition coefficient (Wildman–Crippen LogP) is 2.85. The molecule has 4 nitrogen and oxygen atoms in total. The maximum atomic E-state index is 10.2. The Bertz CT molecular complexity index is 609. The van der Waals surface area contributed by atoms with Crippen molar-refractivity contribution in [2.75, 3.05) is 6.54 Å². The number of halogens is 1. The molecule has 0 aliphatic carbocycles. The van der Waals surface area contributed by atoms with Gasteiger partial charge in [-0.15, -0.1) is 6.58 Å². The molecule has 1 unspecified atom stereocenters. The van der Waals surface area contributed by atoms with Crippen LogP contribution < -0.4 is 5.32 Å². The lowest BCUT2D eigenvalue weighted by Crippen LogP contribution is -2.21. The maximum absolute atomic E-state index is 10.2. The number of aromatic nitrogens is 2. The highest BCUT2D eigenvalue weighted by atomic mass is 35.5. The van der Waals surface area contributed by atoms with E-state index >= 15 is 0 Å². The molecule has 1 aromatic carbocycles. The molecule has 5 heteroatoms. The van der Waals surface area contributed by atoms with Crippen LogP contribution in [-0.4, -0.2) is 21.4 Å². The first-order valence-corrected chi connectivity index (χ1v) is 7.26. The zero-order valence-electron chi connectivity index (χ0n) is 12.1. The second-order valence-electron chi connectivity index (χ2n) is 4.92. The number of aliphatic hydroxyl groups is 1. The normalized spacial score (nSPS) is 12.3. The number of hydrogen-bond acceptors (Lipinski definition) is 3. The molecule has 1 aromatic heterocycles. The first-order valence-electron chi connectivity index (χ1n) is 6.89. The molecule has 0 fully saturated rings. The van der Waals surface area contributed by atoms with E-state index in [1.54, 1.807) is 6.07 Å². The van der Waals surface area contributed by atoms with Crippen LogP contribution in [0.5, 0.6) is 0 Å². The summed E-state index contributed by atoms with van der Waals surface area (Å²) in [5.41, 5.74) is 2.84. The molecule has 2 N–H and O–H groups in total. The Morgan fingerprint density at radius 3 is 2.95 bits per heavy atom. The van der Waals surface area contributed by atoms with Crippen molar-refractivity contribution in [2.24, 2.45) is 0 Å². The number of nitrogens with zero attached hydrogens (tertiary/aromatic N) is 2. The number of rotatable bonds is 7. The topological polar surface area (TPSA) is 50.1 Å². The molecule has 0 aliphatic rings. The first kappa shape index (κ1) is 15.8. The average Bonchev–Trinajstić information content (AvgIpc) is 2.80. The summed E-state index contributed by atoms with van der Waals surface area (Å²) >= 11 is 6.07. The van der Waals surface area contributed by atoms with Crippen molar-refractivity contribution in [1.29, 1.82) is 0 Å². The fourth-order valence-corrected chi connectivity index (χ4v) is 2.42. The molecule has 0 aliphatic heterocycles. The van der Waals surface area contributed by atoms with E-state index in [2.05, 4.69) is 17.0 Å². The molecule has 0 radical (unpaired) electrons.